The van der Waals surface area contributed by atoms with Crippen LogP contribution in [0.1, 0.15) is 124 Å². The molecule has 5 atom stereocenters. The summed E-state index contributed by atoms with van der Waals surface area (Å²) in [6, 6.07) is 6.50. The first-order valence-corrected chi connectivity index (χ1v) is 23.1. The summed E-state index contributed by atoms with van der Waals surface area (Å²) in [6.45, 7) is 21.5. The number of rotatable bonds is 8. The molecule has 1 amide bonds. The maximum Gasteiger partial charge on any atom is 0.410 e. The number of aliphatic hydroxyl groups is 1. The van der Waals surface area contributed by atoms with Crippen LogP contribution in [0.3, 0.4) is 0 Å². The lowest BCUT2D eigenvalue weighted by Gasteiger charge is -2.47. The van der Waals surface area contributed by atoms with Crippen LogP contribution < -0.4 is 0 Å². The average molecular weight is 752 g/mol. The fraction of sp³-hybridized carbons (Fsp3) is 0.698. The normalized spacial score (nSPS) is 29.4. The second kappa shape index (κ2) is 18.7. The van der Waals surface area contributed by atoms with Crippen molar-refractivity contribution in [2.24, 2.45) is 5.92 Å². The minimum absolute atomic E-state index is 0.0751. The van der Waals surface area contributed by atoms with Crippen LogP contribution in [0.5, 0.6) is 0 Å². The van der Waals surface area contributed by atoms with Gasteiger partial charge in [-0.2, -0.15) is 0 Å². The van der Waals surface area contributed by atoms with Crippen LogP contribution in [0.15, 0.2) is 60.3 Å². The number of piperazine rings is 1. The molecule has 9 nitrogen and oxygen atoms in total. The Hall–Kier alpha value is -2.79. The Balaban J connectivity index is 1.64. The first kappa shape index (κ1) is 42.9. The van der Waals surface area contributed by atoms with E-state index in [9.17, 15) is 14.7 Å². The number of nitrogens with zero attached hydrogens (tertiary/aromatic N) is 3. The molecule has 53 heavy (non-hydrogen) atoms. The Labute approximate surface area is 321 Å². The van der Waals surface area contributed by atoms with Gasteiger partial charge in [-0.05, 0) is 87.9 Å². The molecular weight excluding hydrogens is 683 g/mol. The second-order valence-electron chi connectivity index (χ2n) is 17.5. The summed E-state index contributed by atoms with van der Waals surface area (Å²) in [5.74, 6) is -2.18. The molecule has 2 aliphatic heterocycles. The number of ether oxygens (including phenoxy) is 2. The molecule has 1 aromatic heterocycles. The fourth-order valence-corrected chi connectivity index (χ4v) is 8.90. The summed E-state index contributed by atoms with van der Waals surface area (Å²) >= 11 is 0. The lowest BCUT2D eigenvalue weighted by atomic mass is 9.88. The van der Waals surface area contributed by atoms with E-state index >= 15 is 0 Å². The third-order valence-corrected chi connectivity index (χ3v) is 16.6. The van der Waals surface area contributed by atoms with E-state index in [1.54, 1.807) is 24.1 Å². The molecule has 4 unspecified atom stereocenters. The summed E-state index contributed by atoms with van der Waals surface area (Å²) in [5.41, 5.74) is 0.376. The summed E-state index contributed by atoms with van der Waals surface area (Å²) in [4.78, 5) is 36.2. The Morgan fingerprint density at radius 3 is 2.36 bits per heavy atom. The number of carbonyl (C=O) groups is 2. The van der Waals surface area contributed by atoms with E-state index in [-0.39, 0.29) is 23.3 Å². The average Bonchev–Trinajstić information content (AvgIpc) is 3.40. The van der Waals surface area contributed by atoms with Crippen molar-refractivity contribution in [1.82, 2.24) is 14.8 Å². The van der Waals surface area contributed by atoms with Crippen molar-refractivity contribution in [2.75, 3.05) is 26.2 Å². The zero-order valence-electron chi connectivity index (χ0n) is 34.2. The van der Waals surface area contributed by atoms with E-state index in [4.69, 9.17) is 13.9 Å². The lowest BCUT2D eigenvalue weighted by molar-refractivity contribution is -0.199. The van der Waals surface area contributed by atoms with Gasteiger partial charge in [-0.25, -0.2) is 4.79 Å². The zero-order valence-corrected chi connectivity index (χ0v) is 35.2. The van der Waals surface area contributed by atoms with Gasteiger partial charge in [0.2, 0.25) is 5.79 Å². The molecule has 1 saturated carbocycles. The molecule has 0 radical (unpaired) electrons. The van der Waals surface area contributed by atoms with Crippen LogP contribution in [-0.2, 0) is 18.7 Å². The molecule has 0 spiro atoms. The van der Waals surface area contributed by atoms with Gasteiger partial charge in [0.15, 0.2) is 14.4 Å². The number of pyridine rings is 1. The molecule has 0 bridgehead atoms. The van der Waals surface area contributed by atoms with E-state index in [1.807, 2.05) is 50.3 Å². The van der Waals surface area contributed by atoms with Crippen LogP contribution >= 0.6 is 0 Å². The molecular formula is C43H69N3O6Si. The van der Waals surface area contributed by atoms with E-state index in [0.717, 1.165) is 24.4 Å². The van der Waals surface area contributed by atoms with Crippen molar-refractivity contribution in [3.05, 3.63) is 66.0 Å². The van der Waals surface area contributed by atoms with Crippen molar-refractivity contribution >= 4 is 20.4 Å². The number of cyclic esters (lactones) is 1. The number of hydrogen-bond donors (Lipinski definition) is 1. The minimum atomic E-state index is -2.55. The first-order valence-electron chi connectivity index (χ1n) is 20.2. The van der Waals surface area contributed by atoms with Gasteiger partial charge in [0.25, 0.3) is 0 Å². The van der Waals surface area contributed by atoms with E-state index in [0.29, 0.717) is 38.4 Å². The third-order valence-electron chi connectivity index (χ3n) is 12.2. The standard InChI is InChI=1S/C43H69N3O6Si/c1-33(37-23-15-17-28-44-37)19-18-20-34(2)43(52-53(8,9)41(4,5)6)35(3)25-26-38(42(7,49)27-16-14-24-39(47)51-43)50-40(48)46-31-29-45(30-32-46)36-21-12-10-11-13-22-36/h15,17-20,23,25-26,28,33,35-36,38,49H,10-14,16,21-22,24,27,29-32H2,1-9H3/b19-18+,26-25-,34-20+/t33-,35?,38?,42?,43?/m1/s1. The van der Waals surface area contributed by atoms with Crippen molar-refractivity contribution in [1.29, 1.82) is 0 Å². The minimum Gasteiger partial charge on any atom is -0.439 e. The van der Waals surface area contributed by atoms with Gasteiger partial charge in [-0.3, -0.25) is 14.7 Å². The van der Waals surface area contributed by atoms with Crippen LogP contribution in [0.4, 0.5) is 4.79 Å². The molecule has 3 heterocycles. The summed E-state index contributed by atoms with van der Waals surface area (Å²) in [6.07, 6.45) is 19.5. The fourth-order valence-electron chi connectivity index (χ4n) is 7.44. The van der Waals surface area contributed by atoms with Crippen LogP contribution in [-0.4, -0.2) is 90.0 Å². The number of esters is 1. The second-order valence-corrected chi connectivity index (χ2v) is 22.2. The van der Waals surface area contributed by atoms with E-state index in [2.05, 4.69) is 56.7 Å². The first-order chi connectivity index (χ1) is 24.9. The van der Waals surface area contributed by atoms with Gasteiger partial charge < -0.3 is 23.9 Å². The van der Waals surface area contributed by atoms with Gasteiger partial charge in [0.1, 0.15) is 5.60 Å². The lowest BCUT2D eigenvalue weighted by Crippen LogP contribution is -2.55. The Morgan fingerprint density at radius 1 is 1.06 bits per heavy atom. The van der Waals surface area contributed by atoms with Crippen molar-refractivity contribution in [2.45, 2.75) is 160 Å². The molecule has 10 heteroatoms. The topological polar surface area (TPSA) is 101 Å². The Bertz CT molecular complexity index is 1420. The predicted octanol–water partition coefficient (Wildman–Crippen LogP) is 9.31. The van der Waals surface area contributed by atoms with Crippen LogP contribution in [0, 0.1) is 5.92 Å². The molecule has 0 aromatic carbocycles. The van der Waals surface area contributed by atoms with Crippen molar-refractivity contribution in [3.8, 4) is 0 Å². The van der Waals surface area contributed by atoms with E-state index in [1.165, 1.54) is 38.5 Å². The quantitative estimate of drug-likeness (QED) is 0.0923. The van der Waals surface area contributed by atoms with Crippen molar-refractivity contribution < 1.29 is 28.6 Å². The summed E-state index contributed by atoms with van der Waals surface area (Å²) < 4.78 is 19.9. The summed E-state index contributed by atoms with van der Waals surface area (Å²) in [7, 11) is -2.55. The van der Waals surface area contributed by atoms with Crippen LogP contribution in [0.25, 0.3) is 0 Å². The van der Waals surface area contributed by atoms with Crippen LogP contribution in [0.2, 0.25) is 18.1 Å². The highest BCUT2D eigenvalue weighted by atomic mass is 28.4. The molecule has 1 saturated heterocycles. The molecule has 4 rings (SSSR count). The van der Waals surface area contributed by atoms with Crippen molar-refractivity contribution in [3.63, 3.8) is 0 Å². The zero-order chi connectivity index (χ0) is 38.9. The number of amides is 1. The number of hydrogen-bond acceptors (Lipinski definition) is 8. The molecule has 1 aliphatic carbocycles. The van der Waals surface area contributed by atoms with Gasteiger partial charge in [-0.15, -0.1) is 0 Å². The number of carbonyl (C=O) groups excluding carboxylic acids is 2. The van der Waals surface area contributed by atoms with Gasteiger partial charge >= 0.3 is 12.1 Å². The van der Waals surface area contributed by atoms with Gasteiger partial charge in [0, 0.05) is 62.4 Å². The predicted molar refractivity (Wildman–Crippen MR) is 215 cm³/mol. The largest absolute Gasteiger partial charge is 0.439 e. The number of aromatic nitrogens is 1. The molecule has 2 fully saturated rings. The van der Waals surface area contributed by atoms with Gasteiger partial charge in [-0.1, -0.05) is 90.7 Å². The molecule has 296 valence electrons. The maximum atomic E-state index is 13.7. The summed E-state index contributed by atoms with van der Waals surface area (Å²) in [5, 5.41) is 11.7. The Kier molecular flexibility index (Phi) is 15.1. The molecule has 1 N–H and O–H groups in total. The SMILES string of the molecule is C/C(=C\C=C\[C@@H](C)c1ccccn1)C1(O[Si](C)(C)C(C)(C)C)OC(=O)CCCCC(C)(O)C(OC(=O)N2CCN(C3CCCCCC3)CC2)/C=C\C1C. The smallest absolute Gasteiger partial charge is 0.410 e. The monoisotopic (exact) mass is 751 g/mol. The third kappa shape index (κ3) is 11.6. The Morgan fingerprint density at radius 2 is 1.74 bits per heavy atom. The maximum absolute atomic E-state index is 13.7. The highest BCUT2D eigenvalue weighted by Crippen LogP contribution is 2.45. The van der Waals surface area contributed by atoms with Gasteiger partial charge in [0.05, 0.1) is 0 Å². The highest BCUT2D eigenvalue weighted by Gasteiger charge is 2.51. The number of allylic oxidation sites excluding steroid dienone is 3. The molecule has 1 aromatic rings. The van der Waals surface area contributed by atoms with E-state index < -0.39 is 37.8 Å². The highest BCUT2D eigenvalue weighted by molar-refractivity contribution is 6.74. The molecule has 3 aliphatic rings.